The molecule has 4 nitrogen and oxygen atoms in total. The fraction of sp³-hybridized carbons (Fsp3) is 0.588. The molecule has 4 heteroatoms. The van der Waals surface area contributed by atoms with Crippen LogP contribution in [0.1, 0.15) is 39.0 Å². The lowest BCUT2D eigenvalue weighted by molar-refractivity contribution is -0.123. The Bertz CT molecular complexity index is 497. The zero-order chi connectivity index (χ0) is 14.7. The molecule has 0 aromatic heterocycles. The first-order chi connectivity index (χ1) is 10.3. The molecule has 1 aliphatic heterocycles. The Morgan fingerprint density at radius 2 is 2.05 bits per heavy atom. The largest absolute Gasteiger partial charge is 0.382 e. The number of carbonyl (C=O) groups is 1. The molecule has 2 N–H and O–H groups in total. The molecule has 1 fully saturated rings. The second-order valence-electron chi connectivity index (χ2n) is 6.16. The van der Waals surface area contributed by atoms with Gasteiger partial charge >= 0.3 is 0 Å². The van der Waals surface area contributed by atoms with E-state index in [0.29, 0.717) is 6.04 Å². The van der Waals surface area contributed by atoms with Crippen LogP contribution in [0, 0.1) is 0 Å². The lowest BCUT2D eigenvalue weighted by atomic mass is 9.95. The fourth-order valence-electron chi connectivity index (χ4n) is 3.42. The lowest BCUT2D eigenvalue weighted by Gasteiger charge is -2.36. The molecular weight excluding hydrogens is 262 g/mol. The van der Waals surface area contributed by atoms with Crippen LogP contribution < -0.4 is 15.5 Å². The second-order valence-corrected chi connectivity index (χ2v) is 6.16. The van der Waals surface area contributed by atoms with E-state index in [0.717, 1.165) is 37.3 Å². The van der Waals surface area contributed by atoms with E-state index in [4.69, 9.17) is 0 Å². The van der Waals surface area contributed by atoms with Crippen molar-refractivity contribution in [3.63, 3.8) is 0 Å². The minimum Gasteiger partial charge on any atom is -0.382 e. The van der Waals surface area contributed by atoms with Crippen molar-refractivity contribution in [3.8, 4) is 0 Å². The van der Waals surface area contributed by atoms with Crippen LogP contribution in [0.5, 0.6) is 0 Å². The Labute approximate surface area is 126 Å². The van der Waals surface area contributed by atoms with Gasteiger partial charge in [0.1, 0.15) is 6.04 Å². The molecule has 2 aliphatic rings. The molecule has 1 aromatic rings. The van der Waals surface area contributed by atoms with Gasteiger partial charge in [-0.3, -0.25) is 4.79 Å². The zero-order valence-corrected chi connectivity index (χ0v) is 12.8. The summed E-state index contributed by atoms with van der Waals surface area (Å²) in [4.78, 5) is 14.8. The normalized spacial score (nSPS) is 20.3. The smallest absolute Gasteiger partial charge is 0.242 e. The van der Waals surface area contributed by atoms with Gasteiger partial charge in [-0.15, -0.1) is 0 Å². The van der Waals surface area contributed by atoms with Crippen molar-refractivity contribution in [2.45, 2.75) is 51.1 Å². The maximum Gasteiger partial charge on any atom is 0.242 e. The van der Waals surface area contributed by atoms with Crippen LogP contribution in [0.2, 0.25) is 0 Å². The third-order valence-electron chi connectivity index (χ3n) is 4.68. The summed E-state index contributed by atoms with van der Waals surface area (Å²) in [5.74, 6) is 0.165. The number of rotatable bonds is 3. The number of anilines is 2. The average molecular weight is 287 g/mol. The van der Waals surface area contributed by atoms with Crippen molar-refractivity contribution in [3.05, 3.63) is 24.3 Å². The van der Waals surface area contributed by atoms with Gasteiger partial charge in [0.05, 0.1) is 11.4 Å². The molecule has 0 spiro atoms. The number of hydrogen-bond acceptors (Lipinski definition) is 3. The van der Waals surface area contributed by atoms with Crippen LogP contribution in [0.15, 0.2) is 24.3 Å². The van der Waals surface area contributed by atoms with E-state index in [1.54, 1.807) is 0 Å². The van der Waals surface area contributed by atoms with E-state index in [2.05, 4.69) is 27.7 Å². The Hall–Kier alpha value is -1.71. The Kier molecular flexibility index (Phi) is 4.32. The van der Waals surface area contributed by atoms with Crippen LogP contribution in [-0.4, -0.2) is 31.1 Å². The molecular formula is C17H25N3O. The third-order valence-corrected chi connectivity index (χ3v) is 4.68. The molecule has 1 amide bonds. The fourth-order valence-corrected chi connectivity index (χ4v) is 3.42. The predicted molar refractivity (Wildman–Crippen MR) is 86.8 cm³/mol. The summed E-state index contributed by atoms with van der Waals surface area (Å²) in [5.41, 5.74) is 2.26. The van der Waals surface area contributed by atoms with Crippen molar-refractivity contribution in [2.24, 2.45) is 0 Å². The third kappa shape index (κ3) is 3.14. The van der Waals surface area contributed by atoms with Crippen LogP contribution >= 0.6 is 0 Å². The number of para-hydroxylation sites is 2. The molecule has 1 aromatic carbocycles. The van der Waals surface area contributed by atoms with Crippen molar-refractivity contribution >= 4 is 17.3 Å². The van der Waals surface area contributed by atoms with E-state index >= 15 is 0 Å². The summed E-state index contributed by atoms with van der Waals surface area (Å²) in [6, 6.07) is 8.49. The summed E-state index contributed by atoms with van der Waals surface area (Å²) >= 11 is 0. The van der Waals surface area contributed by atoms with E-state index in [9.17, 15) is 4.79 Å². The number of nitrogens with zero attached hydrogens (tertiary/aromatic N) is 1. The maximum atomic E-state index is 12.5. The highest BCUT2D eigenvalue weighted by Crippen LogP contribution is 2.30. The summed E-state index contributed by atoms with van der Waals surface area (Å²) in [7, 11) is 0. The van der Waals surface area contributed by atoms with Gasteiger partial charge in [0.2, 0.25) is 5.91 Å². The van der Waals surface area contributed by atoms with Gasteiger partial charge in [0, 0.05) is 19.1 Å². The summed E-state index contributed by atoms with van der Waals surface area (Å²) in [6.45, 7) is 3.77. The van der Waals surface area contributed by atoms with E-state index in [1.165, 1.54) is 19.3 Å². The van der Waals surface area contributed by atoms with Crippen molar-refractivity contribution in [2.75, 3.05) is 23.3 Å². The molecule has 1 atom stereocenters. The standard InChI is InChI=1S/C17H25N3O/c1-13(17(21)19-14-7-3-2-4-8-14)20-12-11-18-15-9-5-6-10-16(15)20/h5-6,9-10,13-14,18H,2-4,7-8,11-12H2,1H3,(H,19,21). The van der Waals surface area contributed by atoms with E-state index in [1.807, 2.05) is 19.1 Å². The first-order valence-corrected chi connectivity index (χ1v) is 8.15. The number of fused-ring (bicyclic) bond motifs is 1. The van der Waals surface area contributed by atoms with Crippen molar-refractivity contribution in [1.82, 2.24) is 5.32 Å². The number of carbonyl (C=O) groups excluding carboxylic acids is 1. The highest BCUT2D eigenvalue weighted by molar-refractivity contribution is 5.87. The minimum absolute atomic E-state index is 0.116. The average Bonchev–Trinajstić information content (AvgIpc) is 2.54. The van der Waals surface area contributed by atoms with Crippen LogP contribution in [0.25, 0.3) is 0 Å². The Balaban J connectivity index is 1.67. The first kappa shape index (κ1) is 14.2. The predicted octanol–water partition coefficient (Wildman–Crippen LogP) is 2.76. The Morgan fingerprint density at radius 1 is 1.29 bits per heavy atom. The molecule has 0 saturated heterocycles. The van der Waals surface area contributed by atoms with Gasteiger partial charge in [-0.2, -0.15) is 0 Å². The topological polar surface area (TPSA) is 44.4 Å². The monoisotopic (exact) mass is 287 g/mol. The number of amides is 1. The van der Waals surface area contributed by atoms with Gasteiger partial charge in [-0.25, -0.2) is 0 Å². The molecule has 21 heavy (non-hydrogen) atoms. The second kappa shape index (κ2) is 6.37. The molecule has 1 heterocycles. The van der Waals surface area contributed by atoms with Crippen LogP contribution in [0.3, 0.4) is 0 Å². The summed E-state index contributed by atoms with van der Waals surface area (Å²) < 4.78 is 0. The number of hydrogen-bond donors (Lipinski definition) is 2. The van der Waals surface area contributed by atoms with Crippen LogP contribution in [0.4, 0.5) is 11.4 Å². The van der Waals surface area contributed by atoms with Crippen molar-refractivity contribution < 1.29 is 4.79 Å². The summed E-state index contributed by atoms with van der Waals surface area (Å²) in [5, 5.41) is 6.64. The van der Waals surface area contributed by atoms with Gasteiger partial charge in [-0.05, 0) is 31.9 Å². The SMILES string of the molecule is CC(C(=O)NC1CCCCC1)N1CCNc2ccccc21. The molecule has 1 saturated carbocycles. The molecule has 1 aliphatic carbocycles. The maximum absolute atomic E-state index is 12.5. The highest BCUT2D eigenvalue weighted by Gasteiger charge is 2.27. The lowest BCUT2D eigenvalue weighted by Crippen LogP contribution is -2.51. The molecule has 3 rings (SSSR count). The van der Waals surface area contributed by atoms with Gasteiger partial charge in [0.25, 0.3) is 0 Å². The molecule has 0 bridgehead atoms. The minimum atomic E-state index is -0.116. The number of benzene rings is 1. The zero-order valence-electron chi connectivity index (χ0n) is 12.8. The molecule has 1 unspecified atom stereocenters. The molecule has 0 radical (unpaired) electrons. The number of nitrogens with one attached hydrogen (secondary N) is 2. The first-order valence-electron chi connectivity index (χ1n) is 8.15. The van der Waals surface area contributed by atoms with Gasteiger partial charge in [0.15, 0.2) is 0 Å². The van der Waals surface area contributed by atoms with E-state index in [-0.39, 0.29) is 11.9 Å². The quantitative estimate of drug-likeness (QED) is 0.898. The van der Waals surface area contributed by atoms with Crippen molar-refractivity contribution in [1.29, 1.82) is 0 Å². The molecule has 114 valence electrons. The Morgan fingerprint density at radius 3 is 2.86 bits per heavy atom. The van der Waals surface area contributed by atoms with Crippen LogP contribution in [-0.2, 0) is 4.79 Å². The van der Waals surface area contributed by atoms with E-state index < -0.39 is 0 Å². The highest BCUT2D eigenvalue weighted by atomic mass is 16.2. The summed E-state index contributed by atoms with van der Waals surface area (Å²) in [6.07, 6.45) is 6.08. The van der Waals surface area contributed by atoms with Gasteiger partial charge < -0.3 is 15.5 Å². The van der Waals surface area contributed by atoms with Gasteiger partial charge in [-0.1, -0.05) is 31.4 Å².